The van der Waals surface area contributed by atoms with Gasteiger partial charge in [0.05, 0.1) is 0 Å². The molecule has 1 heterocycles. The van der Waals surface area contributed by atoms with Gasteiger partial charge >= 0.3 is 5.97 Å². The van der Waals surface area contributed by atoms with Gasteiger partial charge in [0.15, 0.2) is 0 Å². The van der Waals surface area contributed by atoms with Crippen LogP contribution in [0.3, 0.4) is 0 Å². The second-order valence-corrected chi connectivity index (χ2v) is 3.86. The van der Waals surface area contributed by atoms with Gasteiger partial charge < -0.3 is 4.74 Å². The molecule has 0 saturated carbocycles. The molecule has 0 bridgehead atoms. The van der Waals surface area contributed by atoms with Crippen LogP contribution in [0, 0.1) is 5.92 Å². The minimum atomic E-state index is -0.0267. The number of unbranched alkanes of at least 4 members (excludes halogenated alkanes) is 3. The maximum absolute atomic E-state index is 11.1. The van der Waals surface area contributed by atoms with E-state index in [0.29, 0.717) is 0 Å². The Bertz CT molecular complexity index is 218. The van der Waals surface area contributed by atoms with E-state index in [1.165, 1.54) is 12.8 Å². The van der Waals surface area contributed by atoms with Crippen molar-refractivity contribution in [2.45, 2.75) is 52.4 Å². The number of cyclic esters (lactones) is 1. The summed E-state index contributed by atoms with van der Waals surface area (Å²) in [6.45, 7) is 4.31. The lowest BCUT2D eigenvalue weighted by molar-refractivity contribution is -0.157. The smallest absolute Gasteiger partial charge is 0.321 e. The van der Waals surface area contributed by atoms with E-state index in [0.717, 1.165) is 31.4 Å². The minimum absolute atomic E-state index is 0.0267. The van der Waals surface area contributed by atoms with Crippen molar-refractivity contribution < 1.29 is 9.53 Å². The third-order valence-corrected chi connectivity index (χ3v) is 2.60. The second-order valence-electron chi connectivity index (χ2n) is 3.86. The Balaban J connectivity index is 2.31. The molecule has 0 spiro atoms. The third-order valence-electron chi connectivity index (χ3n) is 2.60. The van der Waals surface area contributed by atoms with Gasteiger partial charge in [0.25, 0.3) is 0 Å². The number of hydrogen-bond acceptors (Lipinski definition) is 2. The average Bonchev–Trinajstić information content (AvgIpc) is 2.17. The summed E-state index contributed by atoms with van der Waals surface area (Å²) in [6.07, 6.45) is 8.73. The Labute approximate surface area is 86.3 Å². The maximum atomic E-state index is 11.1. The van der Waals surface area contributed by atoms with Crippen molar-refractivity contribution >= 4 is 5.97 Å². The van der Waals surface area contributed by atoms with Crippen LogP contribution in [0.2, 0.25) is 0 Å². The first-order valence-electron chi connectivity index (χ1n) is 5.71. The molecule has 0 aliphatic carbocycles. The molecule has 0 aromatic rings. The lowest BCUT2D eigenvalue weighted by Crippen LogP contribution is -2.32. The summed E-state index contributed by atoms with van der Waals surface area (Å²) in [5.74, 6) is 0.991. The van der Waals surface area contributed by atoms with Crippen LogP contribution in [0.25, 0.3) is 0 Å². The lowest BCUT2D eigenvalue weighted by atomic mass is 9.95. The number of allylic oxidation sites excluding steroid dienone is 1. The first kappa shape index (κ1) is 11.3. The summed E-state index contributed by atoms with van der Waals surface area (Å²) in [5, 5.41) is 0. The van der Waals surface area contributed by atoms with Crippen molar-refractivity contribution in [3.8, 4) is 0 Å². The molecule has 1 fully saturated rings. The molecule has 2 nitrogen and oxygen atoms in total. The van der Waals surface area contributed by atoms with Gasteiger partial charge in [-0.05, 0) is 25.3 Å². The number of carbonyl (C=O) groups excluding carboxylic acids is 1. The number of carbonyl (C=O) groups is 1. The van der Waals surface area contributed by atoms with Gasteiger partial charge in [-0.15, -0.1) is 0 Å². The van der Waals surface area contributed by atoms with Crippen molar-refractivity contribution in [3.63, 3.8) is 0 Å². The van der Waals surface area contributed by atoms with E-state index < -0.39 is 0 Å². The standard InChI is InChI=1S/C12H20O2/c1-3-5-7-9-11-10(8-6-4-2)12(13)14-11/h9-10H,3-8H2,1-2H3/b11-9+/t10-/m1/s1. The first-order valence-corrected chi connectivity index (χ1v) is 5.71. The third kappa shape index (κ3) is 2.86. The van der Waals surface area contributed by atoms with Gasteiger partial charge in [-0.2, -0.15) is 0 Å². The van der Waals surface area contributed by atoms with Crippen LogP contribution < -0.4 is 0 Å². The number of hydrogen-bond donors (Lipinski definition) is 0. The molecular formula is C12H20O2. The zero-order valence-electron chi connectivity index (χ0n) is 9.21. The summed E-state index contributed by atoms with van der Waals surface area (Å²) in [4.78, 5) is 11.1. The van der Waals surface area contributed by atoms with Gasteiger partial charge in [0, 0.05) is 0 Å². The first-order chi connectivity index (χ1) is 6.79. The van der Waals surface area contributed by atoms with Gasteiger partial charge in [0.2, 0.25) is 0 Å². The molecule has 2 heteroatoms. The van der Waals surface area contributed by atoms with Crippen molar-refractivity contribution in [2.24, 2.45) is 5.92 Å². The maximum Gasteiger partial charge on any atom is 0.321 e. The second kappa shape index (κ2) is 5.84. The molecule has 1 atom stereocenters. The fourth-order valence-corrected chi connectivity index (χ4v) is 1.62. The Morgan fingerprint density at radius 3 is 2.57 bits per heavy atom. The summed E-state index contributed by atoms with van der Waals surface area (Å²) < 4.78 is 5.02. The van der Waals surface area contributed by atoms with Crippen LogP contribution in [0.5, 0.6) is 0 Å². The molecule has 14 heavy (non-hydrogen) atoms. The van der Waals surface area contributed by atoms with Crippen molar-refractivity contribution in [1.82, 2.24) is 0 Å². The molecule has 0 amide bonds. The van der Waals surface area contributed by atoms with Crippen LogP contribution >= 0.6 is 0 Å². The topological polar surface area (TPSA) is 26.3 Å². The van der Waals surface area contributed by atoms with E-state index in [9.17, 15) is 4.79 Å². The Hall–Kier alpha value is -0.790. The molecule has 1 rings (SSSR count). The van der Waals surface area contributed by atoms with Crippen molar-refractivity contribution in [3.05, 3.63) is 11.8 Å². The highest BCUT2D eigenvalue weighted by atomic mass is 16.6. The number of esters is 1. The Kier molecular flexibility index (Phi) is 4.71. The number of rotatable bonds is 6. The van der Waals surface area contributed by atoms with Crippen molar-refractivity contribution in [2.75, 3.05) is 0 Å². The molecule has 1 aliphatic heterocycles. The molecule has 1 saturated heterocycles. The predicted molar refractivity (Wildman–Crippen MR) is 56.7 cm³/mol. The largest absolute Gasteiger partial charge is 0.430 e. The van der Waals surface area contributed by atoms with Gasteiger partial charge in [-0.25, -0.2) is 0 Å². The zero-order valence-corrected chi connectivity index (χ0v) is 9.21. The normalized spacial score (nSPS) is 23.4. The van der Waals surface area contributed by atoms with E-state index in [1.807, 2.05) is 0 Å². The summed E-state index contributed by atoms with van der Waals surface area (Å²) in [6, 6.07) is 0. The molecule has 0 aromatic carbocycles. The van der Waals surface area contributed by atoms with E-state index in [1.54, 1.807) is 0 Å². The summed E-state index contributed by atoms with van der Waals surface area (Å²) in [5.41, 5.74) is 0. The van der Waals surface area contributed by atoms with E-state index in [2.05, 4.69) is 19.9 Å². The van der Waals surface area contributed by atoms with Crippen LogP contribution in [0.15, 0.2) is 11.8 Å². The van der Waals surface area contributed by atoms with Crippen LogP contribution in [-0.2, 0) is 9.53 Å². The van der Waals surface area contributed by atoms with E-state index in [4.69, 9.17) is 4.74 Å². The van der Waals surface area contributed by atoms with E-state index in [-0.39, 0.29) is 11.9 Å². The predicted octanol–water partition coefficient (Wildman–Crippen LogP) is 3.42. The highest BCUT2D eigenvalue weighted by Gasteiger charge is 2.36. The highest BCUT2D eigenvalue weighted by Crippen LogP contribution is 2.31. The van der Waals surface area contributed by atoms with Crippen LogP contribution in [0.4, 0.5) is 0 Å². The molecule has 0 unspecified atom stereocenters. The van der Waals surface area contributed by atoms with Gasteiger partial charge in [-0.3, -0.25) is 4.79 Å². The molecular weight excluding hydrogens is 176 g/mol. The molecule has 0 radical (unpaired) electrons. The van der Waals surface area contributed by atoms with Gasteiger partial charge in [0.1, 0.15) is 11.7 Å². The SMILES string of the molecule is CCCC/C=C1/OC(=O)[C@@H]1CCCC. The number of ether oxygens (including phenoxy) is 1. The Morgan fingerprint density at radius 2 is 2.00 bits per heavy atom. The lowest BCUT2D eigenvalue weighted by Gasteiger charge is -2.27. The molecule has 0 N–H and O–H groups in total. The minimum Gasteiger partial charge on any atom is -0.430 e. The molecule has 1 aliphatic rings. The quantitative estimate of drug-likeness (QED) is 0.480. The van der Waals surface area contributed by atoms with Gasteiger partial charge in [-0.1, -0.05) is 33.1 Å². The molecule has 80 valence electrons. The van der Waals surface area contributed by atoms with E-state index >= 15 is 0 Å². The summed E-state index contributed by atoms with van der Waals surface area (Å²) in [7, 11) is 0. The fraction of sp³-hybridized carbons (Fsp3) is 0.750. The monoisotopic (exact) mass is 196 g/mol. The average molecular weight is 196 g/mol. The zero-order chi connectivity index (χ0) is 10.4. The fourth-order valence-electron chi connectivity index (χ4n) is 1.62. The van der Waals surface area contributed by atoms with Crippen LogP contribution in [0.1, 0.15) is 52.4 Å². The molecule has 0 aromatic heterocycles. The Morgan fingerprint density at radius 1 is 1.29 bits per heavy atom. The van der Waals surface area contributed by atoms with Crippen molar-refractivity contribution in [1.29, 1.82) is 0 Å². The summed E-state index contributed by atoms with van der Waals surface area (Å²) >= 11 is 0. The van der Waals surface area contributed by atoms with Crippen LogP contribution in [-0.4, -0.2) is 5.97 Å². The highest BCUT2D eigenvalue weighted by molar-refractivity contribution is 5.82.